The molecule has 4 N–H and O–H groups in total. The maximum atomic E-state index is 8.85. The highest BCUT2D eigenvalue weighted by atomic mass is 16.3. The van der Waals surface area contributed by atoms with E-state index in [0.717, 1.165) is 6.42 Å². The van der Waals surface area contributed by atoms with E-state index >= 15 is 0 Å². The molecule has 1 atom stereocenters. The molecule has 0 aromatic heterocycles. The van der Waals surface area contributed by atoms with Gasteiger partial charge in [-0.3, -0.25) is 0 Å². The fourth-order valence-electron chi connectivity index (χ4n) is 0.867. The molecule has 0 saturated carbocycles. The highest BCUT2D eigenvalue weighted by Crippen LogP contribution is 2.04. The molecule has 0 amide bonds. The minimum atomic E-state index is -0.0955. The van der Waals surface area contributed by atoms with Crippen molar-refractivity contribution in [3.8, 4) is 0 Å². The Balaban J connectivity index is 0. The molecule has 2 nitrogen and oxygen atoms in total. The zero-order valence-electron chi connectivity index (χ0n) is 7.27. The van der Waals surface area contributed by atoms with Crippen molar-refractivity contribution in [1.82, 2.24) is 6.15 Å². The van der Waals surface area contributed by atoms with Gasteiger partial charge in [-0.2, -0.15) is 0 Å². The van der Waals surface area contributed by atoms with Crippen molar-refractivity contribution in [1.29, 1.82) is 0 Å². The van der Waals surface area contributed by atoms with Gasteiger partial charge in [-0.25, -0.2) is 0 Å². The second-order valence-electron chi connectivity index (χ2n) is 2.70. The zero-order chi connectivity index (χ0) is 7.11. The van der Waals surface area contributed by atoms with Crippen LogP contribution in [0.25, 0.3) is 0 Å². The van der Waals surface area contributed by atoms with E-state index in [1.165, 1.54) is 25.7 Å². The normalized spacial score (nSPS) is 12.3. The van der Waals surface area contributed by atoms with Crippen molar-refractivity contribution in [2.45, 2.75) is 52.1 Å². The average molecular weight is 147 g/mol. The molecule has 0 saturated heterocycles. The topological polar surface area (TPSA) is 55.2 Å². The third kappa shape index (κ3) is 10.8. The Labute approximate surface area is 64.2 Å². The third-order valence-corrected chi connectivity index (χ3v) is 1.48. The number of rotatable bonds is 5. The molecular weight excluding hydrogens is 126 g/mol. The van der Waals surface area contributed by atoms with Gasteiger partial charge in [0.1, 0.15) is 0 Å². The minimum absolute atomic E-state index is 0. The van der Waals surface area contributed by atoms with Crippen LogP contribution in [-0.2, 0) is 0 Å². The Hall–Kier alpha value is -0.0800. The fraction of sp³-hybridized carbons (Fsp3) is 1.00. The molecular formula is C8H21NO. The maximum absolute atomic E-state index is 8.85. The molecule has 1 unspecified atom stereocenters. The van der Waals surface area contributed by atoms with Gasteiger partial charge in [0.15, 0.2) is 0 Å². The van der Waals surface area contributed by atoms with Crippen molar-refractivity contribution < 1.29 is 5.11 Å². The number of unbranched alkanes of at least 4 members (excludes halogenated alkanes) is 3. The van der Waals surface area contributed by atoms with Gasteiger partial charge in [0.05, 0.1) is 6.10 Å². The van der Waals surface area contributed by atoms with Gasteiger partial charge >= 0.3 is 0 Å². The van der Waals surface area contributed by atoms with Crippen molar-refractivity contribution in [2.75, 3.05) is 0 Å². The van der Waals surface area contributed by atoms with Crippen molar-refractivity contribution in [3.63, 3.8) is 0 Å². The van der Waals surface area contributed by atoms with E-state index in [2.05, 4.69) is 6.92 Å². The summed E-state index contributed by atoms with van der Waals surface area (Å²) in [6, 6.07) is 0. The monoisotopic (exact) mass is 147 g/mol. The van der Waals surface area contributed by atoms with Crippen LogP contribution >= 0.6 is 0 Å². The molecule has 64 valence electrons. The largest absolute Gasteiger partial charge is 0.393 e. The van der Waals surface area contributed by atoms with Crippen LogP contribution in [0, 0.1) is 0 Å². The Morgan fingerprint density at radius 1 is 1.20 bits per heavy atom. The Morgan fingerprint density at radius 3 is 2.20 bits per heavy atom. The van der Waals surface area contributed by atoms with Crippen LogP contribution < -0.4 is 6.15 Å². The standard InChI is InChI=1S/C8H18O.H3N/c1-3-4-5-6-7-8(2)9;/h8-9H,3-7H2,1-2H3;1H3. The summed E-state index contributed by atoms with van der Waals surface area (Å²) < 4.78 is 0. The summed E-state index contributed by atoms with van der Waals surface area (Å²) in [5.74, 6) is 0. The van der Waals surface area contributed by atoms with E-state index in [1.807, 2.05) is 6.92 Å². The molecule has 0 aliphatic rings. The van der Waals surface area contributed by atoms with Gasteiger partial charge in [0.2, 0.25) is 0 Å². The average Bonchev–Trinajstić information content (AvgIpc) is 1.80. The van der Waals surface area contributed by atoms with Crippen LogP contribution in [-0.4, -0.2) is 11.2 Å². The first-order valence-electron chi connectivity index (χ1n) is 3.95. The lowest BCUT2D eigenvalue weighted by molar-refractivity contribution is 0.180. The SMILES string of the molecule is CCCCCCC(C)O.N. The van der Waals surface area contributed by atoms with E-state index in [9.17, 15) is 0 Å². The molecule has 0 spiro atoms. The molecule has 0 fully saturated rings. The quantitative estimate of drug-likeness (QED) is 0.587. The van der Waals surface area contributed by atoms with E-state index in [-0.39, 0.29) is 12.3 Å². The van der Waals surface area contributed by atoms with E-state index in [4.69, 9.17) is 5.11 Å². The molecule has 0 rings (SSSR count). The summed E-state index contributed by atoms with van der Waals surface area (Å²) in [7, 11) is 0. The van der Waals surface area contributed by atoms with E-state index in [0.29, 0.717) is 0 Å². The summed E-state index contributed by atoms with van der Waals surface area (Å²) in [4.78, 5) is 0. The first-order valence-corrected chi connectivity index (χ1v) is 3.95. The molecule has 0 aromatic rings. The first kappa shape index (κ1) is 12.6. The lowest BCUT2D eigenvalue weighted by atomic mass is 10.1. The van der Waals surface area contributed by atoms with Crippen LogP contribution in [0.2, 0.25) is 0 Å². The van der Waals surface area contributed by atoms with Gasteiger partial charge in [0.25, 0.3) is 0 Å². The second-order valence-corrected chi connectivity index (χ2v) is 2.70. The van der Waals surface area contributed by atoms with Crippen LogP contribution in [0.5, 0.6) is 0 Å². The molecule has 0 aliphatic carbocycles. The van der Waals surface area contributed by atoms with Gasteiger partial charge in [-0.05, 0) is 13.3 Å². The number of aliphatic hydroxyl groups excluding tert-OH is 1. The Kier molecular flexibility index (Phi) is 11.2. The smallest absolute Gasteiger partial charge is 0.0512 e. The van der Waals surface area contributed by atoms with Crippen molar-refractivity contribution >= 4 is 0 Å². The summed E-state index contributed by atoms with van der Waals surface area (Å²) in [6.07, 6.45) is 5.93. The highest BCUT2D eigenvalue weighted by molar-refractivity contribution is 4.47. The predicted molar refractivity (Wildman–Crippen MR) is 45.5 cm³/mol. The minimum Gasteiger partial charge on any atom is -0.393 e. The summed E-state index contributed by atoms with van der Waals surface area (Å²) in [5.41, 5.74) is 0. The Bertz CT molecular complexity index is 55.2. The predicted octanol–water partition coefficient (Wildman–Crippen LogP) is 2.50. The molecule has 2 heteroatoms. The van der Waals surface area contributed by atoms with Gasteiger partial charge in [0, 0.05) is 0 Å². The lowest BCUT2D eigenvalue weighted by Crippen LogP contribution is -1.97. The molecule has 0 heterocycles. The molecule has 0 bridgehead atoms. The summed E-state index contributed by atoms with van der Waals surface area (Å²) in [6.45, 7) is 4.05. The summed E-state index contributed by atoms with van der Waals surface area (Å²) >= 11 is 0. The highest BCUT2D eigenvalue weighted by Gasteiger charge is 1.93. The van der Waals surface area contributed by atoms with Crippen LogP contribution in [0.15, 0.2) is 0 Å². The second kappa shape index (κ2) is 8.92. The molecule has 0 aromatic carbocycles. The molecule has 0 radical (unpaired) electrons. The van der Waals surface area contributed by atoms with Crippen LogP contribution in [0.4, 0.5) is 0 Å². The zero-order valence-corrected chi connectivity index (χ0v) is 7.27. The number of hydrogen-bond acceptors (Lipinski definition) is 2. The summed E-state index contributed by atoms with van der Waals surface area (Å²) in [5, 5.41) is 8.85. The number of aliphatic hydroxyl groups is 1. The Morgan fingerprint density at radius 2 is 1.80 bits per heavy atom. The van der Waals surface area contributed by atoms with Gasteiger partial charge < -0.3 is 11.3 Å². The van der Waals surface area contributed by atoms with Gasteiger partial charge in [-0.1, -0.05) is 32.6 Å². The lowest BCUT2D eigenvalue weighted by Gasteiger charge is -2.01. The van der Waals surface area contributed by atoms with Gasteiger partial charge in [-0.15, -0.1) is 0 Å². The molecule has 10 heavy (non-hydrogen) atoms. The van der Waals surface area contributed by atoms with E-state index in [1.54, 1.807) is 0 Å². The number of hydrogen-bond donors (Lipinski definition) is 2. The maximum Gasteiger partial charge on any atom is 0.0512 e. The van der Waals surface area contributed by atoms with Crippen molar-refractivity contribution in [3.05, 3.63) is 0 Å². The fourth-order valence-corrected chi connectivity index (χ4v) is 0.867. The first-order chi connectivity index (χ1) is 4.27. The van der Waals surface area contributed by atoms with Crippen molar-refractivity contribution in [2.24, 2.45) is 0 Å². The van der Waals surface area contributed by atoms with E-state index < -0.39 is 0 Å². The van der Waals surface area contributed by atoms with Crippen LogP contribution in [0.3, 0.4) is 0 Å². The van der Waals surface area contributed by atoms with Crippen LogP contribution in [0.1, 0.15) is 46.0 Å². The third-order valence-electron chi connectivity index (χ3n) is 1.48. The molecule has 0 aliphatic heterocycles.